The molecule has 0 bridgehead atoms. The highest BCUT2D eigenvalue weighted by molar-refractivity contribution is 5.38. The number of nitrogens with two attached hydrogens (primary N) is 1. The van der Waals surface area contributed by atoms with Gasteiger partial charge in [0.25, 0.3) is 0 Å². The second-order valence-corrected chi connectivity index (χ2v) is 4.85. The summed E-state index contributed by atoms with van der Waals surface area (Å²) in [4.78, 5) is 2.26. The molecule has 0 spiro atoms. The summed E-state index contributed by atoms with van der Waals surface area (Å²) in [6, 6.07) is 12.7. The van der Waals surface area contributed by atoms with Gasteiger partial charge in [-0.25, -0.2) is 0 Å². The van der Waals surface area contributed by atoms with E-state index in [9.17, 15) is 0 Å². The highest BCUT2D eigenvalue weighted by atomic mass is 15.4. The monoisotopic (exact) mass is 272 g/mol. The van der Waals surface area contributed by atoms with E-state index in [1.807, 2.05) is 30.8 Å². The van der Waals surface area contributed by atoms with Crippen LogP contribution in [0.1, 0.15) is 25.8 Å². The first-order valence-electron chi connectivity index (χ1n) is 7.39. The molecule has 4 nitrogen and oxygen atoms in total. The van der Waals surface area contributed by atoms with Crippen molar-refractivity contribution in [3.05, 3.63) is 48.2 Å². The van der Waals surface area contributed by atoms with Crippen LogP contribution in [-0.2, 0) is 6.54 Å². The smallest absolute Gasteiger partial charge is 0.150 e. The summed E-state index contributed by atoms with van der Waals surface area (Å²) in [5, 5.41) is 4.61. The van der Waals surface area contributed by atoms with Gasteiger partial charge in [-0.1, -0.05) is 44.2 Å². The maximum absolute atomic E-state index is 5.92. The molecule has 1 unspecified atom stereocenters. The Bertz CT molecular complexity index is 506. The molecule has 1 aliphatic rings. The first-order chi connectivity index (χ1) is 9.81. The predicted molar refractivity (Wildman–Crippen MR) is 83.9 cm³/mol. The van der Waals surface area contributed by atoms with Gasteiger partial charge in [0.1, 0.15) is 0 Å². The van der Waals surface area contributed by atoms with Crippen LogP contribution in [0.3, 0.4) is 0 Å². The van der Waals surface area contributed by atoms with Crippen molar-refractivity contribution in [3.8, 4) is 0 Å². The lowest BCUT2D eigenvalue weighted by Gasteiger charge is -2.13. The third kappa shape index (κ3) is 3.61. The molecule has 1 aromatic heterocycles. The van der Waals surface area contributed by atoms with Crippen molar-refractivity contribution in [2.24, 2.45) is 5.73 Å². The highest BCUT2D eigenvalue weighted by Gasteiger charge is 2.20. The van der Waals surface area contributed by atoms with Gasteiger partial charge in [0.15, 0.2) is 5.82 Å². The fourth-order valence-electron chi connectivity index (χ4n) is 2.37. The summed E-state index contributed by atoms with van der Waals surface area (Å²) in [5.74, 6) is 1.04. The number of hydrogen-bond acceptors (Lipinski definition) is 3. The second kappa shape index (κ2) is 7.10. The Hall–Kier alpha value is -1.81. The number of rotatable bonds is 3. The Kier molecular flexibility index (Phi) is 5.18. The number of aromatic nitrogens is 2. The molecular formula is C16H24N4. The standard InChI is InChI=1S/C14H18N4.C2H6/c15-13-6-8-17(11-13)14-7-9-18(16-14)10-12-4-2-1-3-5-12;1-2/h1-5,7,9,13H,6,8,10-11,15H2;1-2H3. The molecule has 0 amide bonds. The van der Waals surface area contributed by atoms with Gasteiger partial charge < -0.3 is 10.6 Å². The minimum Gasteiger partial charge on any atom is -0.354 e. The molecule has 1 aliphatic heterocycles. The van der Waals surface area contributed by atoms with Crippen LogP contribution in [0.2, 0.25) is 0 Å². The topological polar surface area (TPSA) is 47.1 Å². The van der Waals surface area contributed by atoms with Crippen LogP contribution in [0.5, 0.6) is 0 Å². The van der Waals surface area contributed by atoms with E-state index in [-0.39, 0.29) is 0 Å². The van der Waals surface area contributed by atoms with E-state index in [2.05, 4.69) is 40.3 Å². The molecule has 0 radical (unpaired) electrons. The van der Waals surface area contributed by atoms with Crippen LogP contribution in [-0.4, -0.2) is 28.9 Å². The lowest BCUT2D eigenvalue weighted by molar-refractivity contribution is 0.680. The van der Waals surface area contributed by atoms with Gasteiger partial charge in [-0.15, -0.1) is 0 Å². The van der Waals surface area contributed by atoms with Crippen LogP contribution in [0.25, 0.3) is 0 Å². The van der Waals surface area contributed by atoms with Crippen molar-refractivity contribution in [3.63, 3.8) is 0 Å². The second-order valence-electron chi connectivity index (χ2n) is 4.85. The predicted octanol–water partition coefficient (Wildman–Crippen LogP) is 2.50. The number of anilines is 1. The molecule has 1 saturated heterocycles. The fraction of sp³-hybridized carbons (Fsp3) is 0.438. The minimum absolute atomic E-state index is 0.296. The van der Waals surface area contributed by atoms with Gasteiger partial charge in [0.2, 0.25) is 0 Å². The lowest BCUT2D eigenvalue weighted by atomic mass is 10.2. The molecule has 1 fully saturated rings. The van der Waals surface area contributed by atoms with Gasteiger partial charge in [-0.3, -0.25) is 4.68 Å². The van der Waals surface area contributed by atoms with Crippen LogP contribution in [0.15, 0.2) is 42.6 Å². The van der Waals surface area contributed by atoms with Crippen molar-refractivity contribution >= 4 is 5.82 Å². The molecule has 4 heteroatoms. The highest BCUT2D eigenvalue weighted by Crippen LogP contribution is 2.17. The molecule has 2 aromatic rings. The van der Waals surface area contributed by atoms with Crippen molar-refractivity contribution < 1.29 is 0 Å². The Morgan fingerprint density at radius 1 is 1.20 bits per heavy atom. The zero-order chi connectivity index (χ0) is 14.4. The van der Waals surface area contributed by atoms with Gasteiger partial charge in [-0.05, 0) is 12.0 Å². The van der Waals surface area contributed by atoms with E-state index in [1.165, 1.54) is 5.56 Å². The zero-order valence-corrected chi connectivity index (χ0v) is 12.4. The quantitative estimate of drug-likeness (QED) is 0.934. The van der Waals surface area contributed by atoms with Crippen molar-refractivity contribution in [2.75, 3.05) is 18.0 Å². The first kappa shape index (κ1) is 14.6. The summed E-state index contributed by atoms with van der Waals surface area (Å²) < 4.78 is 1.98. The number of nitrogens with zero attached hydrogens (tertiary/aromatic N) is 3. The van der Waals surface area contributed by atoms with Gasteiger partial charge in [0, 0.05) is 31.4 Å². The minimum atomic E-state index is 0.296. The van der Waals surface area contributed by atoms with Gasteiger partial charge >= 0.3 is 0 Å². The summed E-state index contributed by atoms with van der Waals surface area (Å²) in [6.07, 6.45) is 3.09. The van der Waals surface area contributed by atoms with Crippen LogP contribution < -0.4 is 10.6 Å². The Labute approximate surface area is 121 Å². The molecule has 108 valence electrons. The van der Waals surface area contributed by atoms with Crippen molar-refractivity contribution in [2.45, 2.75) is 32.9 Å². The van der Waals surface area contributed by atoms with E-state index in [4.69, 9.17) is 5.73 Å². The average Bonchev–Trinajstić information content (AvgIpc) is 3.11. The molecule has 1 aromatic carbocycles. The maximum Gasteiger partial charge on any atom is 0.150 e. The Morgan fingerprint density at radius 2 is 1.95 bits per heavy atom. The van der Waals surface area contributed by atoms with Crippen LogP contribution >= 0.6 is 0 Å². The SMILES string of the molecule is CC.NC1CCN(c2ccn(Cc3ccccc3)n2)C1. The summed E-state index contributed by atoms with van der Waals surface area (Å²) in [5.41, 5.74) is 7.19. The fourth-order valence-corrected chi connectivity index (χ4v) is 2.37. The molecule has 1 atom stereocenters. The molecule has 2 heterocycles. The summed E-state index contributed by atoms with van der Waals surface area (Å²) in [7, 11) is 0. The third-order valence-electron chi connectivity index (χ3n) is 3.36. The van der Waals surface area contributed by atoms with E-state index in [0.29, 0.717) is 6.04 Å². The third-order valence-corrected chi connectivity index (χ3v) is 3.36. The molecular weight excluding hydrogens is 248 g/mol. The molecule has 2 N–H and O–H groups in total. The van der Waals surface area contributed by atoms with Crippen molar-refractivity contribution in [1.82, 2.24) is 9.78 Å². The Morgan fingerprint density at radius 3 is 2.60 bits per heavy atom. The summed E-state index contributed by atoms with van der Waals surface area (Å²) >= 11 is 0. The van der Waals surface area contributed by atoms with Crippen LogP contribution in [0, 0.1) is 0 Å². The van der Waals surface area contributed by atoms with Gasteiger partial charge in [0.05, 0.1) is 6.54 Å². The number of benzene rings is 1. The molecule has 3 rings (SSSR count). The maximum atomic E-state index is 5.92. The first-order valence-corrected chi connectivity index (χ1v) is 7.39. The molecule has 0 aliphatic carbocycles. The molecule has 20 heavy (non-hydrogen) atoms. The largest absolute Gasteiger partial charge is 0.354 e. The Balaban J connectivity index is 0.000000704. The van der Waals surface area contributed by atoms with E-state index >= 15 is 0 Å². The zero-order valence-electron chi connectivity index (χ0n) is 12.4. The van der Waals surface area contributed by atoms with Crippen molar-refractivity contribution in [1.29, 1.82) is 0 Å². The van der Waals surface area contributed by atoms with Crippen LogP contribution in [0.4, 0.5) is 5.82 Å². The summed E-state index contributed by atoms with van der Waals surface area (Å²) in [6.45, 7) is 6.76. The normalized spacial score (nSPS) is 17.8. The van der Waals surface area contributed by atoms with E-state index < -0.39 is 0 Å². The number of hydrogen-bond donors (Lipinski definition) is 1. The molecule has 0 saturated carbocycles. The van der Waals surface area contributed by atoms with E-state index in [0.717, 1.165) is 31.9 Å². The van der Waals surface area contributed by atoms with E-state index in [1.54, 1.807) is 0 Å². The lowest BCUT2D eigenvalue weighted by Crippen LogP contribution is -2.26. The van der Waals surface area contributed by atoms with Gasteiger partial charge in [-0.2, -0.15) is 5.10 Å². The average molecular weight is 272 g/mol.